The van der Waals surface area contributed by atoms with Crippen molar-refractivity contribution in [1.29, 1.82) is 0 Å². The molecule has 2 aromatic carbocycles. The number of hydrogen-bond acceptors (Lipinski definition) is 3. The summed E-state index contributed by atoms with van der Waals surface area (Å²) in [5.41, 5.74) is 2.14. The zero-order chi connectivity index (χ0) is 18.1. The van der Waals surface area contributed by atoms with E-state index < -0.39 is 0 Å². The zero-order valence-electron chi connectivity index (χ0n) is 15.2. The molecule has 0 bridgehead atoms. The lowest BCUT2D eigenvalue weighted by Crippen LogP contribution is -2.39. The first-order valence-electron chi connectivity index (χ1n) is 8.58. The van der Waals surface area contributed by atoms with Gasteiger partial charge in [0.1, 0.15) is 5.75 Å². The van der Waals surface area contributed by atoms with Gasteiger partial charge in [0.15, 0.2) is 0 Å². The topological polar surface area (TPSA) is 53.6 Å². The molecule has 2 rings (SSSR count). The molecule has 0 unspecified atom stereocenters. The molecule has 2 aromatic rings. The van der Waals surface area contributed by atoms with Crippen LogP contribution >= 0.6 is 0 Å². The molecule has 0 radical (unpaired) electrons. The van der Waals surface area contributed by atoms with Gasteiger partial charge in [-0.05, 0) is 43.7 Å². The van der Waals surface area contributed by atoms with Crippen molar-refractivity contribution in [2.45, 2.75) is 26.5 Å². The van der Waals surface area contributed by atoms with Crippen molar-refractivity contribution in [3.05, 3.63) is 60.2 Å². The number of nitrogens with zero attached hydrogens (tertiary/aromatic N) is 1. The molecule has 2 N–H and O–H groups in total. The molecule has 0 aliphatic heterocycles. The van der Waals surface area contributed by atoms with E-state index in [9.17, 15) is 4.79 Å². The minimum absolute atomic E-state index is 0.133. The lowest BCUT2D eigenvalue weighted by atomic mass is 10.2. The maximum atomic E-state index is 11.9. The van der Waals surface area contributed by atoms with E-state index in [0.29, 0.717) is 13.1 Å². The maximum absolute atomic E-state index is 11.9. The highest BCUT2D eigenvalue weighted by molar-refractivity contribution is 5.73. The van der Waals surface area contributed by atoms with Gasteiger partial charge in [0.05, 0.1) is 6.10 Å². The molecule has 25 heavy (non-hydrogen) atoms. The largest absolute Gasteiger partial charge is 0.491 e. The first kappa shape index (κ1) is 18.6. The molecular formula is C20H27N3O2. The molecule has 2 amide bonds. The fraction of sp³-hybridized carbons (Fsp3) is 0.350. The fourth-order valence-corrected chi connectivity index (χ4v) is 2.39. The molecule has 0 saturated carbocycles. The van der Waals surface area contributed by atoms with Crippen LogP contribution in [-0.4, -0.2) is 32.3 Å². The molecule has 0 heterocycles. The molecule has 0 aromatic heterocycles. The molecule has 0 fully saturated rings. The van der Waals surface area contributed by atoms with Crippen LogP contribution in [0.25, 0.3) is 0 Å². The van der Waals surface area contributed by atoms with Crippen LogP contribution in [0.15, 0.2) is 54.6 Å². The molecular weight excluding hydrogens is 314 g/mol. The van der Waals surface area contributed by atoms with Crippen LogP contribution in [0.5, 0.6) is 5.75 Å². The second kappa shape index (κ2) is 9.57. The van der Waals surface area contributed by atoms with Gasteiger partial charge in [-0.2, -0.15) is 0 Å². The van der Waals surface area contributed by atoms with Crippen LogP contribution in [0.4, 0.5) is 10.5 Å². The number of urea groups is 1. The number of carbonyl (C=O) groups is 1. The summed E-state index contributed by atoms with van der Waals surface area (Å²) in [6, 6.07) is 17.7. The van der Waals surface area contributed by atoms with Crippen LogP contribution in [0.1, 0.15) is 19.4 Å². The SMILES string of the molecule is CC(C)Oc1cccc(CNC(=O)NCCN(C)c2ccccc2)c1. The van der Waals surface area contributed by atoms with Crippen molar-refractivity contribution < 1.29 is 9.53 Å². The van der Waals surface area contributed by atoms with E-state index in [4.69, 9.17) is 4.74 Å². The summed E-state index contributed by atoms with van der Waals surface area (Å²) in [5, 5.41) is 5.75. The Morgan fingerprint density at radius 3 is 2.56 bits per heavy atom. The number of amides is 2. The van der Waals surface area contributed by atoms with Crippen LogP contribution in [0, 0.1) is 0 Å². The molecule has 0 aliphatic rings. The highest BCUT2D eigenvalue weighted by atomic mass is 16.5. The highest BCUT2D eigenvalue weighted by Gasteiger charge is 2.04. The van der Waals surface area contributed by atoms with E-state index in [1.807, 2.05) is 75.5 Å². The third-order valence-electron chi connectivity index (χ3n) is 3.65. The Morgan fingerprint density at radius 2 is 1.84 bits per heavy atom. The smallest absolute Gasteiger partial charge is 0.315 e. The zero-order valence-corrected chi connectivity index (χ0v) is 15.2. The van der Waals surface area contributed by atoms with Crippen molar-refractivity contribution in [3.8, 4) is 5.75 Å². The van der Waals surface area contributed by atoms with Gasteiger partial charge in [-0.3, -0.25) is 0 Å². The summed E-state index contributed by atoms with van der Waals surface area (Å²) in [5.74, 6) is 0.819. The van der Waals surface area contributed by atoms with Gasteiger partial charge in [0.2, 0.25) is 0 Å². The predicted octanol–water partition coefficient (Wildman–Crippen LogP) is 3.41. The van der Waals surface area contributed by atoms with Gasteiger partial charge in [0, 0.05) is 32.4 Å². The van der Waals surface area contributed by atoms with Gasteiger partial charge < -0.3 is 20.3 Å². The summed E-state index contributed by atoms with van der Waals surface area (Å²) in [7, 11) is 2.01. The minimum Gasteiger partial charge on any atom is -0.491 e. The number of hydrogen-bond donors (Lipinski definition) is 2. The van der Waals surface area contributed by atoms with E-state index in [2.05, 4.69) is 15.5 Å². The standard InChI is InChI=1S/C20H27N3O2/c1-16(2)25-19-11-7-8-17(14-19)15-22-20(24)21-12-13-23(3)18-9-5-4-6-10-18/h4-11,14,16H,12-13,15H2,1-3H3,(H2,21,22,24). The second-order valence-corrected chi connectivity index (χ2v) is 6.18. The summed E-state index contributed by atoms with van der Waals surface area (Å²) < 4.78 is 5.66. The van der Waals surface area contributed by atoms with Crippen molar-refractivity contribution in [2.24, 2.45) is 0 Å². The fourth-order valence-electron chi connectivity index (χ4n) is 2.39. The normalized spacial score (nSPS) is 10.4. The van der Waals surface area contributed by atoms with Crippen LogP contribution < -0.4 is 20.3 Å². The Bertz CT molecular complexity index is 659. The molecule has 0 saturated heterocycles. The van der Waals surface area contributed by atoms with E-state index in [1.165, 1.54) is 0 Å². The summed E-state index contributed by atoms with van der Waals surface area (Å²) in [6.45, 7) is 5.77. The second-order valence-electron chi connectivity index (χ2n) is 6.18. The molecule has 0 atom stereocenters. The van der Waals surface area contributed by atoms with Crippen molar-refractivity contribution in [2.75, 3.05) is 25.0 Å². The van der Waals surface area contributed by atoms with Crippen LogP contribution in [0.2, 0.25) is 0 Å². The predicted molar refractivity (Wildman–Crippen MR) is 102 cm³/mol. The maximum Gasteiger partial charge on any atom is 0.315 e. The average Bonchev–Trinajstić information content (AvgIpc) is 2.60. The minimum atomic E-state index is -0.170. The summed E-state index contributed by atoms with van der Waals surface area (Å²) >= 11 is 0. The highest BCUT2D eigenvalue weighted by Crippen LogP contribution is 2.14. The van der Waals surface area contributed by atoms with Crippen LogP contribution in [0.3, 0.4) is 0 Å². The van der Waals surface area contributed by atoms with Crippen molar-refractivity contribution in [3.63, 3.8) is 0 Å². The summed E-state index contributed by atoms with van der Waals surface area (Å²) in [4.78, 5) is 14.0. The van der Waals surface area contributed by atoms with Crippen molar-refractivity contribution >= 4 is 11.7 Å². The quantitative estimate of drug-likeness (QED) is 0.774. The molecule has 0 aliphatic carbocycles. The first-order chi connectivity index (χ1) is 12.0. The van der Waals surface area contributed by atoms with E-state index in [1.54, 1.807) is 0 Å². The molecule has 5 nitrogen and oxygen atoms in total. The van der Waals surface area contributed by atoms with E-state index in [0.717, 1.165) is 23.5 Å². The first-order valence-corrected chi connectivity index (χ1v) is 8.58. The molecule has 134 valence electrons. The Kier molecular flexibility index (Phi) is 7.14. The Morgan fingerprint density at radius 1 is 1.08 bits per heavy atom. The molecule has 5 heteroatoms. The Balaban J connectivity index is 1.70. The summed E-state index contributed by atoms with van der Waals surface area (Å²) in [6.07, 6.45) is 0.133. The van der Waals surface area contributed by atoms with Gasteiger partial charge in [-0.1, -0.05) is 30.3 Å². The number of benzene rings is 2. The molecule has 0 spiro atoms. The number of carbonyl (C=O) groups excluding carboxylic acids is 1. The van der Waals surface area contributed by atoms with Gasteiger partial charge >= 0.3 is 6.03 Å². The Labute approximate surface area is 150 Å². The number of likely N-dealkylation sites (N-methyl/N-ethyl adjacent to an activating group) is 1. The average molecular weight is 341 g/mol. The van der Waals surface area contributed by atoms with E-state index >= 15 is 0 Å². The van der Waals surface area contributed by atoms with Gasteiger partial charge in [0.25, 0.3) is 0 Å². The van der Waals surface area contributed by atoms with Crippen molar-refractivity contribution in [1.82, 2.24) is 10.6 Å². The number of nitrogens with one attached hydrogen (secondary N) is 2. The lowest BCUT2D eigenvalue weighted by Gasteiger charge is -2.19. The third kappa shape index (κ3) is 6.75. The van der Waals surface area contributed by atoms with E-state index in [-0.39, 0.29) is 12.1 Å². The monoisotopic (exact) mass is 341 g/mol. The number of para-hydroxylation sites is 1. The number of anilines is 1. The Hall–Kier alpha value is -2.69. The third-order valence-corrected chi connectivity index (χ3v) is 3.65. The van der Waals surface area contributed by atoms with Gasteiger partial charge in [-0.25, -0.2) is 4.79 Å². The number of rotatable bonds is 8. The van der Waals surface area contributed by atoms with Crippen LogP contribution in [-0.2, 0) is 6.54 Å². The lowest BCUT2D eigenvalue weighted by molar-refractivity contribution is 0.239. The number of ether oxygens (including phenoxy) is 1. The van der Waals surface area contributed by atoms with Gasteiger partial charge in [-0.15, -0.1) is 0 Å².